The largest absolute Gasteiger partial charge is 0.481 e. The summed E-state index contributed by atoms with van der Waals surface area (Å²) in [5.41, 5.74) is 1.27. The van der Waals surface area contributed by atoms with Crippen LogP contribution in [0.2, 0.25) is 0 Å². The summed E-state index contributed by atoms with van der Waals surface area (Å²) in [5, 5.41) is 1.00. The van der Waals surface area contributed by atoms with Gasteiger partial charge in [0, 0.05) is 25.4 Å². The van der Waals surface area contributed by atoms with Gasteiger partial charge in [0.15, 0.2) is 0 Å². The summed E-state index contributed by atoms with van der Waals surface area (Å²) < 4.78 is 32.8. The van der Waals surface area contributed by atoms with Gasteiger partial charge in [-0.05, 0) is 43.7 Å². The lowest BCUT2D eigenvalue weighted by Crippen LogP contribution is -2.37. The molecule has 0 atom stereocenters. The number of pyridine rings is 1. The highest BCUT2D eigenvalue weighted by Crippen LogP contribution is 2.32. The number of aromatic amines is 1. The van der Waals surface area contributed by atoms with Gasteiger partial charge in [-0.25, -0.2) is 23.4 Å². The van der Waals surface area contributed by atoms with E-state index < -0.39 is 10.0 Å². The second kappa shape index (κ2) is 8.47. The first-order valence-electron chi connectivity index (χ1n) is 9.96. The standard InChI is InChI=1S/C20H26N6O3S/c1-26(20-17-9-10-21-19(17)23-13-24-20)16-6-3-14(4-7-16)12-30(27,28)25-15-5-8-18(29-2)22-11-15/h5,8-11,13-14,16,25H,3-4,6-7,12H2,1-2H3,(H,21,23,24). The number of H-pyrrole nitrogens is 1. The Hall–Kier alpha value is -2.88. The highest BCUT2D eigenvalue weighted by atomic mass is 32.2. The lowest BCUT2D eigenvalue weighted by atomic mass is 9.86. The van der Waals surface area contributed by atoms with E-state index in [1.54, 1.807) is 18.5 Å². The quantitative estimate of drug-likeness (QED) is 0.592. The Morgan fingerprint density at radius 1 is 1.17 bits per heavy atom. The zero-order valence-corrected chi connectivity index (χ0v) is 17.9. The molecule has 160 valence electrons. The van der Waals surface area contributed by atoms with Crippen molar-refractivity contribution in [3.05, 3.63) is 36.9 Å². The van der Waals surface area contributed by atoms with Crippen LogP contribution in [0.5, 0.6) is 5.88 Å². The molecule has 0 unspecified atom stereocenters. The Kier molecular flexibility index (Phi) is 5.76. The number of methoxy groups -OCH3 is 1. The lowest BCUT2D eigenvalue weighted by Gasteiger charge is -2.35. The van der Waals surface area contributed by atoms with E-state index in [2.05, 4.69) is 36.6 Å². The highest BCUT2D eigenvalue weighted by Gasteiger charge is 2.28. The monoisotopic (exact) mass is 430 g/mol. The Labute approximate surface area is 176 Å². The van der Waals surface area contributed by atoms with Gasteiger partial charge < -0.3 is 14.6 Å². The minimum atomic E-state index is -3.43. The first-order valence-corrected chi connectivity index (χ1v) is 11.6. The molecule has 9 nitrogen and oxygen atoms in total. The number of rotatable bonds is 7. The normalized spacial score (nSPS) is 19.5. The summed E-state index contributed by atoms with van der Waals surface area (Å²) in [5.74, 6) is 1.61. The van der Waals surface area contributed by atoms with Gasteiger partial charge in [0.05, 0.1) is 30.1 Å². The molecule has 3 aromatic heterocycles. The Bertz CT molecular complexity index is 1090. The number of hydrogen-bond donors (Lipinski definition) is 2. The van der Waals surface area contributed by atoms with Crippen LogP contribution in [0, 0.1) is 5.92 Å². The number of fused-ring (bicyclic) bond motifs is 1. The van der Waals surface area contributed by atoms with Crippen LogP contribution in [0.15, 0.2) is 36.9 Å². The third-order valence-corrected chi connectivity index (χ3v) is 7.16. The van der Waals surface area contributed by atoms with E-state index >= 15 is 0 Å². The molecule has 1 fully saturated rings. The third-order valence-electron chi connectivity index (χ3n) is 5.70. The maximum Gasteiger partial charge on any atom is 0.233 e. The van der Waals surface area contributed by atoms with Crippen molar-refractivity contribution < 1.29 is 13.2 Å². The first kappa shape index (κ1) is 20.4. The minimum absolute atomic E-state index is 0.116. The van der Waals surface area contributed by atoms with E-state index in [-0.39, 0.29) is 11.7 Å². The van der Waals surface area contributed by atoms with E-state index in [0.717, 1.165) is 42.5 Å². The van der Waals surface area contributed by atoms with Gasteiger partial charge >= 0.3 is 0 Å². The predicted molar refractivity (Wildman–Crippen MR) is 116 cm³/mol. The van der Waals surface area contributed by atoms with Crippen LogP contribution >= 0.6 is 0 Å². The maximum atomic E-state index is 12.6. The fraction of sp³-hybridized carbons (Fsp3) is 0.450. The van der Waals surface area contributed by atoms with Crippen molar-refractivity contribution in [1.82, 2.24) is 19.9 Å². The fourth-order valence-electron chi connectivity index (χ4n) is 4.10. The summed E-state index contributed by atoms with van der Waals surface area (Å²) in [4.78, 5) is 18.1. The molecular weight excluding hydrogens is 404 g/mol. The van der Waals surface area contributed by atoms with Crippen LogP contribution in [0.4, 0.5) is 11.5 Å². The molecule has 0 aliphatic heterocycles. The van der Waals surface area contributed by atoms with Gasteiger partial charge in [-0.3, -0.25) is 4.72 Å². The molecule has 30 heavy (non-hydrogen) atoms. The molecule has 1 aliphatic rings. The molecule has 0 radical (unpaired) electrons. The van der Waals surface area contributed by atoms with Crippen LogP contribution in [0.25, 0.3) is 11.0 Å². The maximum absolute atomic E-state index is 12.6. The van der Waals surface area contributed by atoms with Crippen molar-refractivity contribution in [2.24, 2.45) is 5.92 Å². The summed E-state index contributed by atoms with van der Waals surface area (Å²) in [7, 11) is 0.136. The van der Waals surface area contributed by atoms with Crippen LogP contribution in [-0.2, 0) is 10.0 Å². The van der Waals surface area contributed by atoms with Crippen molar-refractivity contribution in [2.45, 2.75) is 31.7 Å². The van der Waals surface area contributed by atoms with Crippen LogP contribution in [0.3, 0.4) is 0 Å². The number of aromatic nitrogens is 4. The minimum Gasteiger partial charge on any atom is -0.481 e. The molecule has 2 N–H and O–H groups in total. The number of hydrogen-bond acceptors (Lipinski definition) is 7. The van der Waals surface area contributed by atoms with Gasteiger partial charge in [0.1, 0.15) is 17.8 Å². The fourth-order valence-corrected chi connectivity index (χ4v) is 5.62. The lowest BCUT2D eigenvalue weighted by molar-refractivity contribution is 0.341. The van der Waals surface area contributed by atoms with E-state index in [4.69, 9.17) is 4.74 Å². The molecule has 1 aliphatic carbocycles. The van der Waals surface area contributed by atoms with Crippen molar-refractivity contribution in [1.29, 1.82) is 0 Å². The predicted octanol–water partition coefficient (Wildman–Crippen LogP) is 2.80. The second-order valence-electron chi connectivity index (χ2n) is 7.70. The average molecular weight is 431 g/mol. The van der Waals surface area contributed by atoms with Crippen molar-refractivity contribution >= 4 is 32.6 Å². The van der Waals surface area contributed by atoms with Crippen molar-refractivity contribution in [3.63, 3.8) is 0 Å². The van der Waals surface area contributed by atoms with Gasteiger partial charge in [0.2, 0.25) is 15.9 Å². The topological polar surface area (TPSA) is 113 Å². The van der Waals surface area contributed by atoms with E-state index in [1.165, 1.54) is 13.3 Å². The van der Waals surface area contributed by atoms with Crippen molar-refractivity contribution in [3.8, 4) is 5.88 Å². The molecule has 3 aromatic rings. The zero-order valence-electron chi connectivity index (χ0n) is 17.1. The van der Waals surface area contributed by atoms with Crippen LogP contribution < -0.4 is 14.4 Å². The van der Waals surface area contributed by atoms with Gasteiger partial charge in [-0.15, -0.1) is 0 Å². The van der Waals surface area contributed by atoms with E-state index in [1.807, 2.05) is 12.3 Å². The van der Waals surface area contributed by atoms with Gasteiger partial charge in [-0.2, -0.15) is 0 Å². The van der Waals surface area contributed by atoms with Crippen LogP contribution in [0.1, 0.15) is 25.7 Å². The number of nitrogens with one attached hydrogen (secondary N) is 2. The second-order valence-corrected chi connectivity index (χ2v) is 9.46. The smallest absolute Gasteiger partial charge is 0.233 e. The van der Waals surface area contributed by atoms with Gasteiger partial charge in [-0.1, -0.05) is 0 Å². The van der Waals surface area contributed by atoms with Crippen molar-refractivity contribution in [2.75, 3.05) is 29.5 Å². The molecule has 0 saturated heterocycles. The molecule has 0 amide bonds. The molecule has 0 bridgehead atoms. The molecule has 0 aromatic carbocycles. The summed E-state index contributed by atoms with van der Waals surface area (Å²) in [6.07, 6.45) is 8.47. The van der Waals surface area contributed by atoms with Gasteiger partial charge in [0.25, 0.3) is 0 Å². The zero-order chi connectivity index (χ0) is 21.1. The number of sulfonamides is 1. The molecule has 0 spiro atoms. The van der Waals surface area contributed by atoms with E-state index in [0.29, 0.717) is 17.6 Å². The number of ether oxygens (including phenoxy) is 1. The SMILES string of the molecule is COc1ccc(NS(=O)(=O)CC2CCC(N(C)c3ncnc4[nH]ccc34)CC2)cn1. The third kappa shape index (κ3) is 4.48. The molecule has 3 heterocycles. The molecule has 1 saturated carbocycles. The first-order chi connectivity index (χ1) is 14.4. The summed E-state index contributed by atoms with van der Waals surface area (Å²) >= 11 is 0. The summed E-state index contributed by atoms with van der Waals surface area (Å²) in [6, 6.07) is 5.60. The molecular formula is C20H26N6O3S. The average Bonchev–Trinajstić information content (AvgIpc) is 3.23. The Balaban J connectivity index is 1.34. The summed E-state index contributed by atoms with van der Waals surface area (Å²) in [6.45, 7) is 0. The Morgan fingerprint density at radius 3 is 2.67 bits per heavy atom. The Morgan fingerprint density at radius 2 is 1.97 bits per heavy atom. The number of nitrogens with zero attached hydrogens (tertiary/aromatic N) is 4. The molecule has 4 rings (SSSR count). The number of anilines is 2. The van der Waals surface area contributed by atoms with E-state index in [9.17, 15) is 8.42 Å². The molecule has 10 heteroatoms. The van der Waals surface area contributed by atoms with Crippen LogP contribution in [-0.4, -0.2) is 54.3 Å². The highest BCUT2D eigenvalue weighted by molar-refractivity contribution is 7.92.